The van der Waals surface area contributed by atoms with Gasteiger partial charge in [-0.3, -0.25) is 14.9 Å². The lowest BCUT2D eigenvalue weighted by Gasteiger charge is -2.26. The van der Waals surface area contributed by atoms with Crippen molar-refractivity contribution in [2.45, 2.75) is 6.92 Å². The van der Waals surface area contributed by atoms with E-state index in [1.165, 1.54) is 30.3 Å². The van der Waals surface area contributed by atoms with Gasteiger partial charge in [0.2, 0.25) is 0 Å². The Balaban J connectivity index is 1.68. The van der Waals surface area contributed by atoms with Gasteiger partial charge in [-0.2, -0.15) is 0 Å². The summed E-state index contributed by atoms with van der Waals surface area (Å²) in [5.41, 5.74) is 1.22. The van der Waals surface area contributed by atoms with E-state index in [0.717, 1.165) is 10.5 Å². The minimum absolute atomic E-state index is 0.0885. The van der Waals surface area contributed by atoms with Crippen molar-refractivity contribution in [3.63, 3.8) is 0 Å². The van der Waals surface area contributed by atoms with Crippen LogP contribution in [-0.2, 0) is 9.59 Å². The predicted octanol–water partition coefficient (Wildman–Crippen LogP) is 5.19. The Morgan fingerprint density at radius 1 is 0.971 bits per heavy atom. The van der Waals surface area contributed by atoms with Crippen LogP contribution < -0.4 is 15.0 Å². The molecule has 4 amide bonds. The van der Waals surface area contributed by atoms with Gasteiger partial charge < -0.3 is 4.74 Å². The first-order chi connectivity index (χ1) is 16.2. The fourth-order valence-corrected chi connectivity index (χ4v) is 3.80. The number of halogens is 2. The zero-order valence-corrected chi connectivity index (χ0v) is 19.2. The smallest absolute Gasteiger partial charge is 0.345 e. The molecule has 0 spiro atoms. The fourth-order valence-electron chi connectivity index (χ4n) is 3.32. The van der Waals surface area contributed by atoms with Gasteiger partial charge in [0, 0.05) is 10.6 Å². The Labute approximate surface area is 204 Å². The Hall–Kier alpha value is -3.94. The fraction of sp³-hybridized carbons (Fsp3) is 0.0400. The Morgan fingerprint density at radius 2 is 1.74 bits per heavy atom. The molecule has 1 heterocycles. The maximum absolute atomic E-state index is 13.1. The van der Waals surface area contributed by atoms with Crippen LogP contribution in [0, 0.1) is 6.92 Å². The number of anilines is 1. The van der Waals surface area contributed by atoms with Crippen molar-refractivity contribution in [3.8, 4) is 5.75 Å². The zero-order valence-electron chi connectivity index (χ0n) is 17.7. The van der Waals surface area contributed by atoms with Gasteiger partial charge >= 0.3 is 12.0 Å². The molecular formula is C25H16Cl2N2O5. The van der Waals surface area contributed by atoms with Crippen LogP contribution in [0.2, 0.25) is 10.0 Å². The second-order valence-corrected chi connectivity index (χ2v) is 8.19. The highest BCUT2D eigenvalue weighted by molar-refractivity contribution is 6.39. The van der Waals surface area contributed by atoms with Crippen molar-refractivity contribution in [3.05, 3.63) is 99.0 Å². The van der Waals surface area contributed by atoms with Gasteiger partial charge in [-0.05, 0) is 55.0 Å². The molecule has 0 bridgehead atoms. The molecule has 0 aliphatic carbocycles. The molecule has 0 unspecified atom stereocenters. The van der Waals surface area contributed by atoms with E-state index < -0.39 is 23.8 Å². The molecule has 3 aromatic carbocycles. The summed E-state index contributed by atoms with van der Waals surface area (Å²) in [4.78, 5) is 51.6. The second kappa shape index (κ2) is 9.51. The second-order valence-electron chi connectivity index (χ2n) is 7.35. The summed E-state index contributed by atoms with van der Waals surface area (Å²) < 4.78 is 5.48. The number of aryl methyl sites for hydroxylation is 1. The van der Waals surface area contributed by atoms with Gasteiger partial charge in [0.05, 0.1) is 16.3 Å². The first-order valence-corrected chi connectivity index (χ1v) is 10.7. The first-order valence-electron chi connectivity index (χ1n) is 9.99. The number of nitrogens with one attached hydrogen (secondary N) is 1. The lowest BCUT2D eigenvalue weighted by atomic mass is 10.1. The van der Waals surface area contributed by atoms with E-state index in [0.29, 0.717) is 10.7 Å². The molecule has 0 saturated carbocycles. The molecule has 7 nitrogen and oxygen atoms in total. The van der Waals surface area contributed by atoms with E-state index in [-0.39, 0.29) is 27.5 Å². The molecule has 1 N–H and O–H groups in total. The topological polar surface area (TPSA) is 92.8 Å². The summed E-state index contributed by atoms with van der Waals surface area (Å²) in [5, 5.41) is 2.64. The van der Waals surface area contributed by atoms with Crippen LogP contribution in [0.5, 0.6) is 5.75 Å². The number of urea groups is 1. The van der Waals surface area contributed by atoms with Crippen LogP contribution in [-0.4, -0.2) is 23.8 Å². The molecule has 0 aromatic heterocycles. The number of amides is 4. The number of barbiturate groups is 1. The van der Waals surface area contributed by atoms with Crippen molar-refractivity contribution in [2.24, 2.45) is 0 Å². The zero-order chi connectivity index (χ0) is 24.4. The minimum Gasteiger partial charge on any atom is -0.422 e. The molecule has 1 aliphatic rings. The average Bonchev–Trinajstić information content (AvgIpc) is 2.77. The number of esters is 1. The first kappa shape index (κ1) is 23.2. The normalized spacial score (nSPS) is 14.9. The number of nitrogens with zero attached hydrogens (tertiary/aromatic N) is 1. The highest BCUT2D eigenvalue weighted by Gasteiger charge is 2.37. The number of hydrogen-bond acceptors (Lipinski definition) is 5. The van der Waals surface area contributed by atoms with Crippen LogP contribution in [0.1, 0.15) is 21.5 Å². The SMILES string of the molecule is Cc1cccc(N2C(=O)NC(=O)/C(=C/c3ccccc3OC(=O)c3ccc(Cl)cc3Cl)C2=O)c1. The molecule has 1 fully saturated rings. The van der Waals surface area contributed by atoms with Crippen LogP contribution in [0.25, 0.3) is 6.08 Å². The predicted molar refractivity (Wildman–Crippen MR) is 128 cm³/mol. The summed E-state index contributed by atoms with van der Waals surface area (Å²) in [5.74, 6) is -2.32. The standard InChI is InChI=1S/C25H16Cl2N2O5/c1-14-5-4-7-17(11-14)29-23(31)19(22(30)28-25(29)33)12-15-6-2-3-8-21(15)34-24(32)18-10-9-16(26)13-20(18)27/h2-13H,1H3,(H,28,30,33)/b19-12-. The summed E-state index contributed by atoms with van der Waals surface area (Å²) in [6, 6.07) is 16.6. The van der Waals surface area contributed by atoms with E-state index >= 15 is 0 Å². The van der Waals surface area contributed by atoms with Gasteiger partial charge in [-0.1, -0.05) is 53.5 Å². The van der Waals surface area contributed by atoms with E-state index in [4.69, 9.17) is 27.9 Å². The largest absolute Gasteiger partial charge is 0.422 e. The molecule has 170 valence electrons. The number of carbonyl (C=O) groups excluding carboxylic acids is 4. The van der Waals surface area contributed by atoms with Crippen molar-refractivity contribution < 1.29 is 23.9 Å². The van der Waals surface area contributed by atoms with Gasteiger partial charge in [-0.25, -0.2) is 14.5 Å². The van der Waals surface area contributed by atoms with Crippen molar-refractivity contribution >= 4 is 58.8 Å². The van der Waals surface area contributed by atoms with E-state index in [2.05, 4.69) is 5.32 Å². The minimum atomic E-state index is -0.860. The van der Waals surface area contributed by atoms with E-state index in [1.54, 1.807) is 36.4 Å². The molecule has 0 radical (unpaired) electrons. The number of ether oxygens (including phenoxy) is 1. The van der Waals surface area contributed by atoms with Crippen LogP contribution in [0.4, 0.5) is 10.5 Å². The molecule has 0 atom stereocenters. The third-order valence-electron chi connectivity index (χ3n) is 4.93. The van der Waals surface area contributed by atoms with Crippen LogP contribution >= 0.6 is 23.2 Å². The molecule has 9 heteroatoms. The molecular weight excluding hydrogens is 479 g/mol. The Kier molecular flexibility index (Phi) is 6.49. The number of para-hydroxylation sites is 1. The maximum atomic E-state index is 13.1. The van der Waals surface area contributed by atoms with E-state index in [9.17, 15) is 19.2 Å². The summed E-state index contributed by atoms with van der Waals surface area (Å²) in [6.45, 7) is 1.81. The monoisotopic (exact) mass is 494 g/mol. The highest BCUT2D eigenvalue weighted by Crippen LogP contribution is 2.28. The van der Waals surface area contributed by atoms with Gasteiger partial charge in [0.15, 0.2) is 0 Å². The third-order valence-corrected chi connectivity index (χ3v) is 5.48. The van der Waals surface area contributed by atoms with Crippen LogP contribution in [0.15, 0.2) is 72.3 Å². The molecule has 4 rings (SSSR count). The van der Waals surface area contributed by atoms with Gasteiger partial charge in [-0.15, -0.1) is 0 Å². The van der Waals surface area contributed by atoms with Crippen molar-refractivity contribution in [1.82, 2.24) is 5.32 Å². The molecule has 1 saturated heterocycles. The number of hydrogen-bond donors (Lipinski definition) is 1. The summed E-state index contributed by atoms with van der Waals surface area (Å²) >= 11 is 12.0. The van der Waals surface area contributed by atoms with Gasteiger partial charge in [0.1, 0.15) is 11.3 Å². The number of benzene rings is 3. The summed E-state index contributed by atoms with van der Waals surface area (Å²) in [7, 11) is 0. The number of carbonyl (C=O) groups is 4. The van der Waals surface area contributed by atoms with Crippen molar-refractivity contribution in [2.75, 3.05) is 4.90 Å². The average molecular weight is 495 g/mol. The lowest BCUT2D eigenvalue weighted by Crippen LogP contribution is -2.54. The molecule has 1 aliphatic heterocycles. The third kappa shape index (κ3) is 4.71. The maximum Gasteiger partial charge on any atom is 0.345 e. The molecule has 34 heavy (non-hydrogen) atoms. The van der Waals surface area contributed by atoms with Gasteiger partial charge in [0.25, 0.3) is 11.8 Å². The molecule has 3 aromatic rings. The van der Waals surface area contributed by atoms with Crippen LogP contribution in [0.3, 0.4) is 0 Å². The summed E-state index contributed by atoms with van der Waals surface area (Å²) in [6.07, 6.45) is 1.26. The van der Waals surface area contributed by atoms with E-state index in [1.807, 2.05) is 13.0 Å². The lowest BCUT2D eigenvalue weighted by molar-refractivity contribution is -0.122. The highest BCUT2D eigenvalue weighted by atomic mass is 35.5. The Morgan fingerprint density at radius 3 is 2.47 bits per heavy atom. The number of rotatable bonds is 4. The quantitative estimate of drug-likeness (QED) is 0.233. The Bertz CT molecular complexity index is 1380. The number of imide groups is 2. The van der Waals surface area contributed by atoms with Crippen molar-refractivity contribution in [1.29, 1.82) is 0 Å².